The molecule has 21 heavy (non-hydrogen) atoms. The number of carbonyl (C=O) groups is 1. The van der Waals surface area contributed by atoms with Gasteiger partial charge in [-0.3, -0.25) is 4.79 Å². The number of benzene rings is 1. The number of alkyl halides is 3. The highest BCUT2D eigenvalue weighted by Gasteiger charge is 2.63. The van der Waals surface area contributed by atoms with Crippen LogP contribution in [0.15, 0.2) is 29.4 Å². The van der Waals surface area contributed by atoms with E-state index < -0.39 is 24.2 Å². The van der Waals surface area contributed by atoms with Crippen LogP contribution in [-0.2, 0) is 0 Å². The van der Waals surface area contributed by atoms with E-state index >= 15 is 0 Å². The van der Waals surface area contributed by atoms with Gasteiger partial charge < -0.3 is 10.2 Å². The van der Waals surface area contributed by atoms with Crippen molar-refractivity contribution in [3.63, 3.8) is 0 Å². The van der Waals surface area contributed by atoms with Crippen LogP contribution in [0.1, 0.15) is 30.1 Å². The molecule has 1 heterocycles. The number of hydrazone groups is 1. The predicted molar refractivity (Wildman–Crippen MR) is 67.6 cm³/mol. The fourth-order valence-electron chi connectivity index (χ4n) is 1.97. The van der Waals surface area contributed by atoms with Crippen LogP contribution in [0.5, 0.6) is 5.75 Å². The Morgan fingerprint density at radius 2 is 1.95 bits per heavy atom. The van der Waals surface area contributed by atoms with Crippen molar-refractivity contribution in [2.45, 2.75) is 31.7 Å². The van der Waals surface area contributed by atoms with E-state index in [9.17, 15) is 23.1 Å². The molecular weight excluding hydrogens is 289 g/mol. The fraction of sp³-hybridized carbons (Fsp3) is 0.385. The summed E-state index contributed by atoms with van der Waals surface area (Å²) in [5.74, 6) is -1.21. The van der Waals surface area contributed by atoms with Gasteiger partial charge in [0.1, 0.15) is 5.75 Å². The van der Waals surface area contributed by atoms with Crippen LogP contribution in [0.25, 0.3) is 0 Å². The van der Waals surface area contributed by atoms with Crippen LogP contribution in [-0.4, -0.2) is 38.7 Å². The van der Waals surface area contributed by atoms with Gasteiger partial charge in [-0.1, -0.05) is 6.92 Å². The molecule has 8 heteroatoms. The Labute approximate surface area is 118 Å². The molecule has 1 aliphatic heterocycles. The SMILES string of the molecule is CCC1=NN(C(=O)c2ccc(O)cc2)C(O)(C(F)(F)F)C1. The molecule has 1 aliphatic rings. The van der Waals surface area contributed by atoms with Crippen molar-refractivity contribution >= 4 is 11.6 Å². The van der Waals surface area contributed by atoms with E-state index in [2.05, 4.69) is 5.10 Å². The standard InChI is InChI=1S/C13H13F3N2O3/c1-2-9-7-12(21,13(14,15)16)18(17-9)11(20)8-3-5-10(19)6-4-8/h3-6,19,21H,2,7H2,1H3. The smallest absolute Gasteiger partial charge is 0.438 e. The van der Waals surface area contributed by atoms with Gasteiger partial charge in [-0.15, -0.1) is 0 Å². The Morgan fingerprint density at radius 1 is 1.38 bits per heavy atom. The van der Waals surface area contributed by atoms with E-state index in [-0.39, 0.29) is 28.5 Å². The third kappa shape index (κ3) is 2.58. The first-order chi connectivity index (χ1) is 9.69. The molecule has 1 aromatic rings. The van der Waals surface area contributed by atoms with E-state index in [1.807, 2.05) is 0 Å². The van der Waals surface area contributed by atoms with Gasteiger partial charge in [-0.2, -0.15) is 23.3 Å². The normalized spacial score (nSPS) is 22.3. The van der Waals surface area contributed by atoms with Gasteiger partial charge in [0.25, 0.3) is 11.6 Å². The molecule has 1 unspecified atom stereocenters. The highest BCUT2D eigenvalue weighted by atomic mass is 19.4. The zero-order valence-corrected chi connectivity index (χ0v) is 11.1. The first kappa shape index (κ1) is 15.3. The quantitative estimate of drug-likeness (QED) is 0.880. The summed E-state index contributed by atoms with van der Waals surface area (Å²) in [5.41, 5.74) is -3.37. The minimum atomic E-state index is -5.03. The Hall–Kier alpha value is -2.09. The number of rotatable bonds is 2. The Morgan fingerprint density at radius 3 is 2.43 bits per heavy atom. The van der Waals surface area contributed by atoms with Gasteiger partial charge in [-0.25, -0.2) is 0 Å². The number of carbonyl (C=O) groups excluding carboxylic acids is 1. The highest BCUT2D eigenvalue weighted by Crippen LogP contribution is 2.41. The number of amides is 1. The number of aliphatic hydroxyl groups is 1. The average Bonchev–Trinajstić information content (AvgIpc) is 2.77. The molecule has 1 aromatic carbocycles. The number of hydrogen-bond acceptors (Lipinski definition) is 4. The first-order valence-electron chi connectivity index (χ1n) is 6.18. The van der Waals surface area contributed by atoms with Crippen molar-refractivity contribution in [3.05, 3.63) is 29.8 Å². The van der Waals surface area contributed by atoms with Crippen LogP contribution in [0.2, 0.25) is 0 Å². The maximum atomic E-state index is 13.1. The molecule has 0 spiro atoms. The molecule has 1 amide bonds. The molecule has 0 aromatic heterocycles. The topological polar surface area (TPSA) is 73.1 Å². The monoisotopic (exact) mass is 302 g/mol. The Bertz CT molecular complexity index is 583. The average molecular weight is 302 g/mol. The molecular formula is C13H13F3N2O3. The summed E-state index contributed by atoms with van der Waals surface area (Å²) >= 11 is 0. The lowest BCUT2D eigenvalue weighted by Gasteiger charge is -2.32. The van der Waals surface area contributed by atoms with Gasteiger partial charge >= 0.3 is 6.18 Å². The molecule has 0 radical (unpaired) electrons. The van der Waals surface area contributed by atoms with Crippen molar-refractivity contribution < 1.29 is 28.2 Å². The summed E-state index contributed by atoms with van der Waals surface area (Å²) < 4.78 is 39.3. The third-order valence-electron chi connectivity index (χ3n) is 3.21. The second kappa shape index (κ2) is 5.03. The van der Waals surface area contributed by atoms with Gasteiger partial charge in [0.2, 0.25) is 0 Å². The van der Waals surface area contributed by atoms with E-state index in [0.29, 0.717) is 0 Å². The van der Waals surface area contributed by atoms with Crippen molar-refractivity contribution in [2.24, 2.45) is 5.10 Å². The number of hydrogen-bond donors (Lipinski definition) is 2. The second-order valence-electron chi connectivity index (χ2n) is 4.67. The highest BCUT2D eigenvalue weighted by molar-refractivity contribution is 5.98. The third-order valence-corrected chi connectivity index (χ3v) is 3.21. The summed E-state index contributed by atoms with van der Waals surface area (Å²) in [5, 5.41) is 22.7. The van der Waals surface area contributed by atoms with Crippen LogP contribution in [0, 0.1) is 0 Å². The second-order valence-corrected chi connectivity index (χ2v) is 4.67. The lowest BCUT2D eigenvalue weighted by Crippen LogP contribution is -2.56. The number of nitrogens with zero attached hydrogens (tertiary/aromatic N) is 2. The van der Waals surface area contributed by atoms with Gasteiger partial charge in [0.15, 0.2) is 0 Å². The van der Waals surface area contributed by atoms with Gasteiger partial charge in [0, 0.05) is 17.7 Å². The zero-order valence-electron chi connectivity index (χ0n) is 11.1. The summed E-state index contributed by atoms with van der Waals surface area (Å²) in [6.07, 6.45) is -5.60. The lowest BCUT2D eigenvalue weighted by atomic mass is 10.0. The molecule has 1 atom stereocenters. The van der Waals surface area contributed by atoms with Crippen molar-refractivity contribution in [2.75, 3.05) is 0 Å². The molecule has 114 valence electrons. The number of phenolic OH excluding ortho intramolecular Hbond substituents is 1. The van der Waals surface area contributed by atoms with Crippen molar-refractivity contribution in [1.29, 1.82) is 0 Å². The van der Waals surface area contributed by atoms with Crippen LogP contribution < -0.4 is 0 Å². The predicted octanol–water partition coefficient (Wildman–Crippen LogP) is 2.26. The summed E-state index contributed by atoms with van der Waals surface area (Å²) in [4.78, 5) is 12.2. The van der Waals surface area contributed by atoms with E-state index in [1.165, 1.54) is 12.1 Å². The Balaban J connectivity index is 2.40. The van der Waals surface area contributed by atoms with Crippen LogP contribution >= 0.6 is 0 Å². The molecule has 0 saturated carbocycles. The maximum Gasteiger partial charge on any atom is 0.438 e. The lowest BCUT2D eigenvalue weighted by molar-refractivity contribution is -0.297. The largest absolute Gasteiger partial charge is 0.508 e. The van der Waals surface area contributed by atoms with E-state index in [0.717, 1.165) is 12.1 Å². The molecule has 0 aliphatic carbocycles. The van der Waals surface area contributed by atoms with E-state index in [1.54, 1.807) is 6.92 Å². The molecule has 0 fully saturated rings. The number of halogens is 3. The Kier molecular flexibility index (Phi) is 3.66. The molecule has 2 rings (SSSR count). The zero-order chi connectivity index (χ0) is 15.8. The van der Waals surface area contributed by atoms with Crippen LogP contribution in [0.4, 0.5) is 13.2 Å². The molecule has 2 N–H and O–H groups in total. The summed E-state index contributed by atoms with van der Waals surface area (Å²) in [6, 6.07) is 4.66. The summed E-state index contributed by atoms with van der Waals surface area (Å²) in [6.45, 7) is 1.59. The van der Waals surface area contributed by atoms with Crippen molar-refractivity contribution in [1.82, 2.24) is 5.01 Å². The minimum Gasteiger partial charge on any atom is -0.508 e. The van der Waals surface area contributed by atoms with Crippen molar-refractivity contribution in [3.8, 4) is 5.75 Å². The van der Waals surface area contributed by atoms with E-state index in [4.69, 9.17) is 5.11 Å². The van der Waals surface area contributed by atoms with Gasteiger partial charge in [0.05, 0.1) is 0 Å². The minimum absolute atomic E-state index is 0.0677. The van der Waals surface area contributed by atoms with Crippen LogP contribution in [0.3, 0.4) is 0 Å². The number of phenols is 1. The van der Waals surface area contributed by atoms with Gasteiger partial charge in [-0.05, 0) is 30.7 Å². The molecule has 0 saturated heterocycles. The molecule has 0 bridgehead atoms. The summed E-state index contributed by atoms with van der Waals surface area (Å²) in [7, 11) is 0. The first-order valence-corrected chi connectivity index (χ1v) is 6.18. The molecule has 5 nitrogen and oxygen atoms in total. The fourth-order valence-corrected chi connectivity index (χ4v) is 1.97. The maximum absolute atomic E-state index is 13.1. The number of aromatic hydroxyl groups is 1.